The maximum atomic E-state index is 12.6. The molecule has 2 aromatic carbocycles. The van der Waals surface area contributed by atoms with Crippen LogP contribution >= 0.6 is 23.2 Å². The predicted molar refractivity (Wildman–Crippen MR) is 112 cm³/mol. The molecular weight excluding hydrogens is 415 g/mol. The Morgan fingerprint density at radius 3 is 1.83 bits per heavy atom. The van der Waals surface area contributed by atoms with Crippen LogP contribution in [-0.2, 0) is 14.4 Å². The van der Waals surface area contributed by atoms with Gasteiger partial charge in [-0.15, -0.1) is 5.76 Å². The molecule has 0 aliphatic carbocycles. The molecule has 0 bridgehead atoms. The second kappa shape index (κ2) is 10.1. The molecule has 0 fully saturated rings. The lowest BCUT2D eigenvalue weighted by atomic mass is 9.93. The summed E-state index contributed by atoms with van der Waals surface area (Å²) in [6, 6.07) is 13.1. The zero-order valence-electron chi connectivity index (χ0n) is 15.8. The lowest BCUT2D eigenvalue weighted by Gasteiger charge is -2.20. The Morgan fingerprint density at radius 2 is 1.38 bits per heavy atom. The summed E-state index contributed by atoms with van der Waals surface area (Å²) in [5, 5.41) is 17.8. The van der Waals surface area contributed by atoms with Gasteiger partial charge in [-0.05, 0) is 37.6 Å². The molecule has 0 radical (unpaired) electrons. The topological polar surface area (TPSA) is 98.3 Å². The van der Waals surface area contributed by atoms with Crippen molar-refractivity contribution in [1.29, 1.82) is 0 Å². The van der Waals surface area contributed by atoms with Crippen LogP contribution in [0.4, 0.5) is 11.4 Å². The standard InChI is InChI=1S/C21H20Cl2N2O4/c1-12(26)14(20(28)24-18-9-5-3-7-16(18)22)11-15(13(2)27)21(29)25-19-10-6-4-8-17(19)23/h3-10,14,27H,11H2,1-2H3,(H,24,28)(H,25,29)/p-1/b15-13-. The zero-order valence-corrected chi connectivity index (χ0v) is 17.3. The Balaban J connectivity index is 2.21. The van der Waals surface area contributed by atoms with Crippen molar-refractivity contribution in [3.8, 4) is 0 Å². The van der Waals surface area contributed by atoms with Crippen LogP contribution in [0.15, 0.2) is 59.9 Å². The molecule has 8 heteroatoms. The number of benzene rings is 2. The molecular formula is C21H19Cl2N2O4-. The first-order valence-electron chi connectivity index (χ1n) is 8.69. The van der Waals surface area contributed by atoms with E-state index in [1.165, 1.54) is 13.8 Å². The van der Waals surface area contributed by atoms with Gasteiger partial charge in [0.25, 0.3) is 5.91 Å². The van der Waals surface area contributed by atoms with Crippen molar-refractivity contribution < 1.29 is 19.5 Å². The fraction of sp³-hybridized carbons (Fsp3) is 0.190. The van der Waals surface area contributed by atoms with Gasteiger partial charge < -0.3 is 15.7 Å². The Bertz CT molecular complexity index is 969. The molecule has 29 heavy (non-hydrogen) atoms. The third-order valence-electron chi connectivity index (χ3n) is 4.17. The maximum absolute atomic E-state index is 12.6. The van der Waals surface area contributed by atoms with Crippen molar-refractivity contribution in [2.75, 3.05) is 10.6 Å². The Morgan fingerprint density at radius 1 is 0.897 bits per heavy atom. The van der Waals surface area contributed by atoms with E-state index < -0.39 is 29.3 Å². The Kier molecular flexibility index (Phi) is 7.82. The number of halogens is 2. The molecule has 1 atom stereocenters. The molecule has 0 saturated heterocycles. The number of amides is 2. The number of hydrogen-bond donors (Lipinski definition) is 2. The maximum Gasteiger partial charge on any atom is 0.250 e. The quantitative estimate of drug-likeness (QED) is 0.394. The van der Waals surface area contributed by atoms with Gasteiger partial charge in [-0.2, -0.15) is 0 Å². The van der Waals surface area contributed by atoms with Gasteiger partial charge in [0.05, 0.1) is 21.4 Å². The number of ketones is 1. The minimum absolute atomic E-state index is 0.209. The van der Waals surface area contributed by atoms with Gasteiger partial charge in [-0.3, -0.25) is 14.4 Å². The highest BCUT2D eigenvalue weighted by Gasteiger charge is 2.27. The van der Waals surface area contributed by atoms with E-state index in [0.717, 1.165) is 0 Å². The lowest BCUT2D eigenvalue weighted by molar-refractivity contribution is -0.303. The van der Waals surface area contributed by atoms with Gasteiger partial charge in [-0.1, -0.05) is 54.4 Å². The van der Waals surface area contributed by atoms with Crippen LogP contribution in [0.3, 0.4) is 0 Å². The average molecular weight is 434 g/mol. The molecule has 0 spiro atoms. The normalized spacial score (nSPS) is 12.6. The van der Waals surface area contributed by atoms with Gasteiger partial charge in [0.15, 0.2) is 0 Å². The first-order valence-corrected chi connectivity index (χ1v) is 9.44. The highest BCUT2D eigenvalue weighted by molar-refractivity contribution is 6.34. The number of para-hydroxylation sites is 2. The summed E-state index contributed by atoms with van der Waals surface area (Å²) in [5.74, 6) is -3.65. The second-order valence-corrected chi connectivity index (χ2v) is 7.12. The predicted octanol–water partition coefficient (Wildman–Crippen LogP) is 3.80. The summed E-state index contributed by atoms with van der Waals surface area (Å²) < 4.78 is 0. The molecule has 0 aromatic heterocycles. The van der Waals surface area contributed by atoms with E-state index in [1.807, 2.05) is 0 Å². The molecule has 2 rings (SSSR count). The number of anilines is 2. The van der Waals surface area contributed by atoms with Gasteiger partial charge in [0.2, 0.25) is 5.91 Å². The van der Waals surface area contributed by atoms with Crippen LogP contribution in [0.5, 0.6) is 0 Å². The molecule has 152 valence electrons. The van der Waals surface area contributed by atoms with Crippen molar-refractivity contribution in [2.45, 2.75) is 20.3 Å². The number of Topliss-reactive ketones (excluding diaryl/α,β-unsaturated/α-hetero) is 1. The second-order valence-electron chi connectivity index (χ2n) is 6.31. The van der Waals surface area contributed by atoms with Crippen LogP contribution in [0.1, 0.15) is 20.3 Å². The number of allylic oxidation sites excluding steroid dienone is 1. The van der Waals surface area contributed by atoms with Gasteiger partial charge in [-0.25, -0.2) is 0 Å². The first-order chi connectivity index (χ1) is 13.7. The van der Waals surface area contributed by atoms with E-state index in [2.05, 4.69) is 10.6 Å². The third kappa shape index (κ3) is 6.07. The zero-order chi connectivity index (χ0) is 21.6. The molecule has 6 nitrogen and oxygen atoms in total. The van der Waals surface area contributed by atoms with Gasteiger partial charge in [0, 0.05) is 5.57 Å². The molecule has 0 saturated carbocycles. The van der Waals surface area contributed by atoms with E-state index in [1.54, 1.807) is 48.5 Å². The first kappa shape index (κ1) is 22.5. The fourth-order valence-electron chi connectivity index (χ4n) is 2.56. The van der Waals surface area contributed by atoms with E-state index >= 15 is 0 Å². The average Bonchev–Trinajstić information content (AvgIpc) is 2.65. The number of carbonyl (C=O) groups is 3. The van der Waals surface area contributed by atoms with E-state index in [4.69, 9.17) is 23.2 Å². The van der Waals surface area contributed by atoms with E-state index in [9.17, 15) is 19.5 Å². The number of rotatable bonds is 7. The van der Waals surface area contributed by atoms with Crippen LogP contribution in [0.25, 0.3) is 0 Å². The highest BCUT2D eigenvalue weighted by Crippen LogP contribution is 2.25. The van der Waals surface area contributed by atoms with Crippen LogP contribution in [0, 0.1) is 5.92 Å². The molecule has 1 unspecified atom stereocenters. The van der Waals surface area contributed by atoms with Crippen molar-refractivity contribution in [2.24, 2.45) is 5.92 Å². The summed E-state index contributed by atoms with van der Waals surface area (Å²) in [6.45, 7) is 2.42. The van der Waals surface area contributed by atoms with Crippen molar-refractivity contribution in [3.63, 3.8) is 0 Å². The summed E-state index contributed by atoms with van der Waals surface area (Å²) in [6.07, 6.45) is -0.350. The van der Waals surface area contributed by atoms with Crippen molar-refractivity contribution in [1.82, 2.24) is 0 Å². The van der Waals surface area contributed by atoms with Crippen LogP contribution in [-0.4, -0.2) is 17.6 Å². The van der Waals surface area contributed by atoms with E-state index in [-0.39, 0.29) is 12.0 Å². The van der Waals surface area contributed by atoms with Crippen molar-refractivity contribution in [3.05, 3.63) is 69.9 Å². The van der Waals surface area contributed by atoms with Gasteiger partial charge >= 0.3 is 0 Å². The summed E-state index contributed by atoms with van der Waals surface area (Å²) in [4.78, 5) is 37.3. The molecule has 2 aromatic rings. The molecule has 0 heterocycles. The number of nitrogens with one attached hydrogen (secondary N) is 2. The van der Waals surface area contributed by atoms with Crippen LogP contribution in [0.2, 0.25) is 10.0 Å². The minimum atomic E-state index is -1.23. The summed E-state index contributed by atoms with van der Waals surface area (Å²) in [7, 11) is 0. The van der Waals surface area contributed by atoms with Crippen LogP contribution < -0.4 is 15.7 Å². The monoisotopic (exact) mass is 433 g/mol. The largest absolute Gasteiger partial charge is 0.875 e. The van der Waals surface area contributed by atoms with Crippen molar-refractivity contribution >= 4 is 52.2 Å². The smallest absolute Gasteiger partial charge is 0.250 e. The third-order valence-corrected chi connectivity index (χ3v) is 4.83. The Hall–Kier alpha value is -2.83. The lowest BCUT2D eigenvalue weighted by Crippen LogP contribution is -2.31. The Labute approximate surface area is 178 Å². The fourth-order valence-corrected chi connectivity index (χ4v) is 2.93. The van der Waals surface area contributed by atoms with E-state index in [0.29, 0.717) is 21.4 Å². The summed E-state index contributed by atoms with van der Waals surface area (Å²) in [5.41, 5.74) is 0.438. The molecule has 2 amide bonds. The molecule has 2 N–H and O–H groups in total. The SMILES string of the molecule is CC(=O)C(C/C(C(=O)Nc1ccccc1Cl)=C(\C)[O-])C(=O)Nc1ccccc1Cl. The minimum Gasteiger partial charge on any atom is -0.875 e. The molecule has 0 aliphatic rings. The number of hydrogen-bond acceptors (Lipinski definition) is 4. The highest BCUT2D eigenvalue weighted by atomic mass is 35.5. The number of carbonyl (C=O) groups excluding carboxylic acids is 3. The molecule has 0 aliphatic heterocycles. The van der Waals surface area contributed by atoms with Gasteiger partial charge in [0.1, 0.15) is 11.7 Å². The summed E-state index contributed by atoms with van der Waals surface area (Å²) >= 11 is 12.1.